The Morgan fingerprint density at radius 1 is 1.29 bits per heavy atom. The second kappa shape index (κ2) is 7.08. The van der Waals surface area contributed by atoms with Crippen LogP contribution in [0.4, 0.5) is 0 Å². The normalized spacial score (nSPS) is 17.9. The van der Waals surface area contributed by atoms with Gasteiger partial charge in [-0.1, -0.05) is 18.5 Å². The number of hydrogen-bond acceptors (Lipinski definition) is 4. The van der Waals surface area contributed by atoms with E-state index in [-0.39, 0.29) is 5.78 Å². The van der Waals surface area contributed by atoms with Crippen LogP contribution in [0.5, 0.6) is 0 Å². The minimum atomic E-state index is -0.822. The molecule has 0 radical (unpaired) electrons. The van der Waals surface area contributed by atoms with Crippen molar-refractivity contribution >= 4 is 34.7 Å². The maximum atomic E-state index is 12.4. The van der Waals surface area contributed by atoms with Crippen LogP contribution in [0.3, 0.4) is 0 Å². The number of fused-ring (bicyclic) bond motifs is 1. The Kier molecular flexibility index (Phi) is 5.07. The van der Waals surface area contributed by atoms with Crippen molar-refractivity contribution in [2.75, 3.05) is 0 Å². The van der Waals surface area contributed by atoms with E-state index in [9.17, 15) is 9.59 Å². The zero-order valence-electron chi connectivity index (χ0n) is 13.7. The van der Waals surface area contributed by atoms with Crippen molar-refractivity contribution in [3.63, 3.8) is 0 Å². The molecule has 1 heterocycles. The number of ketones is 1. The van der Waals surface area contributed by atoms with Gasteiger partial charge in [-0.3, -0.25) is 4.79 Å². The van der Waals surface area contributed by atoms with Crippen molar-refractivity contribution in [1.82, 2.24) is 0 Å². The van der Waals surface area contributed by atoms with Gasteiger partial charge in [0.1, 0.15) is 4.88 Å². The van der Waals surface area contributed by atoms with Gasteiger partial charge in [0.05, 0.1) is 0 Å². The van der Waals surface area contributed by atoms with E-state index >= 15 is 0 Å². The molecule has 5 heteroatoms. The number of Topliss-reactive ketones (excluding diaryl/α,β-unsaturated/α-hetero) is 1. The summed E-state index contributed by atoms with van der Waals surface area (Å²) >= 11 is 7.32. The van der Waals surface area contributed by atoms with E-state index < -0.39 is 12.1 Å². The van der Waals surface area contributed by atoms with Crippen LogP contribution in [-0.2, 0) is 17.6 Å². The molecule has 0 fully saturated rings. The third-order valence-corrected chi connectivity index (χ3v) is 5.78. The molecule has 0 saturated carbocycles. The first-order valence-electron chi connectivity index (χ1n) is 8.06. The summed E-state index contributed by atoms with van der Waals surface area (Å²) in [6.45, 7) is 3.83. The number of carbonyl (C=O) groups is 2. The molecule has 0 spiro atoms. The number of rotatable bonds is 4. The lowest BCUT2D eigenvalue weighted by Crippen LogP contribution is -2.24. The van der Waals surface area contributed by atoms with Crippen LogP contribution in [0, 0.1) is 5.92 Å². The summed E-state index contributed by atoms with van der Waals surface area (Å²) in [4.78, 5) is 26.6. The Hall–Kier alpha value is -1.65. The number of hydrogen-bond donors (Lipinski definition) is 0. The predicted octanol–water partition coefficient (Wildman–Crippen LogP) is 4.95. The lowest BCUT2D eigenvalue weighted by molar-refractivity contribution is 0.0323. The van der Waals surface area contributed by atoms with E-state index in [0.29, 0.717) is 21.4 Å². The van der Waals surface area contributed by atoms with E-state index in [1.807, 2.05) is 6.07 Å². The van der Waals surface area contributed by atoms with Gasteiger partial charge in [0.25, 0.3) is 0 Å². The topological polar surface area (TPSA) is 43.4 Å². The van der Waals surface area contributed by atoms with Gasteiger partial charge in [-0.25, -0.2) is 4.79 Å². The van der Waals surface area contributed by atoms with Crippen LogP contribution in [0.15, 0.2) is 30.3 Å². The molecule has 1 aromatic carbocycles. The quantitative estimate of drug-likeness (QED) is 0.570. The van der Waals surface area contributed by atoms with Crippen molar-refractivity contribution in [2.45, 2.75) is 39.2 Å². The summed E-state index contributed by atoms with van der Waals surface area (Å²) in [6, 6.07) is 8.51. The average Bonchev–Trinajstić information content (AvgIpc) is 2.98. The molecule has 0 unspecified atom stereocenters. The number of ether oxygens (including phenoxy) is 1. The zero-order valence-corrected chi connectivity index (χ0v) is 15.2. The van der Waals surface area contributed by atoms with Gasteiger partial charge in [0.15, 0.2) is 6.10 Å². The Labute approximate surface area is 150 Å². The molecule has 0 saturated heterocycles. The number of halogens is 1. The van der Waals surface area contributed by atoms with Gasteiger partial charge >= 0.3 is 5.97 Å². The van der Waals surface area contributed by atoms with Gasteiger partial charge in [0, 0.05) is 15.5 Å². The van der Waals surface area contributed by atoms with E-state index in [1.165, 1.54) is 21.8 Å². The standard InChI is InChI=1S/C19H19ClO3S/c1-11-3-8-16-14(9-11)10-17(24-16)19(22)23-12(2)18(21)13-4-6-15(20)7-5-13/h4-7,10-12H,3,8-9H2,1-2H3/t11-,12+/m0/s1. The Morgan fingerprint density at radius 2 is 2.00 bits per heavy atom. The second-order valence-electron chi connectivity index (χ2n) is 6.33. The molecular formula is C19H19ClO3S. The first-order chi connectivity index (χ1) is 11.4. The van der Waals surface area contributed by atoms with E-state index in [2.05, 4.69) is 6.92 Å². The van der Waals surface area contributed by atoms with Gasteiger partial charge in [0.2, 0.25) is 5.78 Å². The molecule has 0 aliphatic heterocycles. The lowest BCUT2D eigenvalue weighted by atomic mass is 9.90. The summed E-state index contributed by atoms with van der Waals surface area (Å²) in [5.74, 6) is 0.00759. The van der Waals surface area contributed by atoms with Gasteiger partial charge in [-0.2, -0.15) is 0 Å². The highest BCUT2D eigenvalue weighted by Gasteiger charge is 2.24. The van der Waals surface area contributed by atoms with Gasteiger partial charge < -0.3 is 4.74 Å². The highest BCUT2D eigenvalue weighted by molar-refractivity contribution is 7.14. The first-order valence-corrected chi connectivity index (χ1v) is 9.26. The minimum absolute atomic E-state index is 0.227. The molecule has 126 valence electrons. The number of carbonyl (C=O) groups excluding carboxylic acids is 2. The summed E-state index contributed by atoms with van der Waals surface area (Å²) in [5, 5.41) is 0.564. The number of benzene rings is 1. The smallest absolute Gasteiger partial charge is 0.349 e. The lowest BCUT2D eigenvalue weighted by Gasteiger charge is -2.16. The molecule has 0 bridgehead atoms. The van der Waals surface area contributed by atoms with Crippen LogP contribution >= 0.6 is 22.9 Å². The fourth-order valence-electron chi connectivity index (χ4n) is 2.93. The summed E-state index contributed by atoms with van der Waals surface area (Å²) in [7, 11) is 0. The molecule has 2 aromatic rings. The third kappa shape index (κ3) is 3.70. The molecule has 3 nitrogen and oxygen atoms in total. The monoisotopic (exact) mass is 362 g/mol. The molecule has 24 heavy (non-hydrogen) atoms. The number of esters is 1. The Balaban J connectivity index is 1.68. The summed E-state index contributed by atoms with van der Waals surface area (Å²) in [5.41, 5.74) is 1.74. The largest absolute Gasteiger partial charge is 0.450 e. The first kappa shape index (κ1) is 17.2. The van der Waals surface area contributed by atoms with Crippen molar-refractivity contribution in [2.24, 2.45) is 5.92 Å². The Morgan fingerprint density at radius 3 is 2.71 bits per heavy atom. The Bertz CT molecular complexity index is 763. The highest BCUT2D eigenvalue weighted by atomic mass is 35.5. The summed E-state index contributed by atoms with van der Waals surface area (Å²) < 4.78 is 5.38. The van der Waals surface area contributed by atoms with Crippen LogP contribution in [-0.4, -0.2) is 17.9 Å². The van der Waals surface area contributed by atoms with Crippen molar-refractivity contribution in [3.8, 4) is 0 Å². The van der Waals surface area contributed by atoms with Crippen molar-refractivity contribution in [3.05, 3.63) is 56.2 Å². The SMILES string of the molecule is C[C@H]1CCc2sc(C(=O)O[C@H](C)C(=O)c3ccc(Cl)cc3)cc2C1. The highest BCUT2D eigenvalue weighted by Crippen LogP contribution is 2.32. The van der Waals surface area contributed by atoms with E-state index in [1.54, 1.807) is 31.2 Å². The minimum Gasteiger partial charge on any atom is -0.450 e. The van der Waals surface area contributed by atoms with Gasteiger partial charge in [-0.05, 0) is 68.0 Å². The van der Waals surface area contributed by atoms with Crippen LogP contribution in [0.25, 0.3) is 0 Å². The van der Waals surface area contributed by atoms with E-state index in [0.717, 1.165) is 19.3 Å². The fourth-order valence-corrected chi connectivity index (χ4v) is 4.14. The second-order valence-corrected chi connectivity index (χ2v) is 7.90. The average molecular weight is 363 g/mol. The molecular weight excluding hydrogens is 344 g/mol. The molecule has 2 atom stereocenters. The van der Waals surface area contributed by atoms with Crippen molar-refractivity contribution in [1.29, 1.82) is 0 Å². The predicted molar refractivity (Wildman–Crippen MR) is 96.2 cm³/mol. The molecule has 1 aliphatic carbocycles. The molecule has 0 amide bonds. The molecule has 1 aliphatic rings. The molecule has 1 aromatic heterocycles. The van der Waals surface area contributed by atoms with Crippen LogP contribution in [0.1, 0.15) is 50.7 Å². The van der Waals surface area contributed by atoms with E-state index in [4.69, 9.17) is 16.3 Å². The van der Waals surface area contributed by atoms with Crippen molar-refractivity contribution < 1.29 is 14.3 Å². The number of aryl methyl sites for hydroxylation is 1. The number of thiophene rings is 1. The maximum absolute atomic E-state index is 12.4. The van der Waals surface area contributed by atoms with Crippen LogP contribution in [0.2, 0.25) is 5.02 Å². The third-order valence-electron chi connectivity index (χ3n) is 4.31. The summed E-state index contributed by atoms with van der Waals surface area (Å²) in [6.07, 6.45) is 2.37. The molecule has 3 rings (SSSR count). The maximum Gasteiger partial charge on any atom is 0.349 e. The fraction of sp³-hybridized carbons (Fsp3) is 0.368. The zero-order chi connectivity index (χ0) is 17.3. The van der Waals surface area contributed by atoms with Crippen LogP contribution < -0.4 is 0 Å². The molecule has 0 N–H and O–H groups in total. The van der Waals surface area contributed by atoms with Gasteiger partial charge in [-0.15, -0.1) is 11.3 Å².